The van der Waals surface area contributed by atoms with E-state index >= 15 is 0 Å². The Kier molecular flexibility index (Phi) is 7.22. The Labute approximate surface area is 196 Å². The maximum Gasteiger partial charge on any atom is 0.168 e. The summed E-state index contributed by atoms with van der Waals surface area (Å²) in [6, 6.07) is 14.5. The van der Waals surface area contributed by atoms with Gasteiger partial charge in [0.1, 0.15) is 0 Å². The van der Waals surface area contributed by atoms with Crippen LogP contribution in [0.1, 0.15) is 115 Å². The molecule has 1 unspecified atom stereocenters. The lowest BCUT2D eigenvalue weighted by molar-refractivity contribution is 0.0624. The Bertz CT molecular complexity index is 960. The highest BCUT2D eigenvalue weighted by atomic mass is 16.3. The smallest absolute Gasteiger partial charge is 0.168 e. The van der Waals surface area contributed by atoms with Gasteiger partial charge >= 0.3 is 0 Å². The van der Waals surface area contributed by atoms with Gasteiger partial charge in [-0.3, -0.25) is 4.79 Å². The maximum absolute atomic E-state index is 13.6. The Balaban J connectivity index is 2.46. The first-order valence-corrected chi connectivity index (χ1v) is 11.8. The standard InChI is InChI=1S/C30H44O2/c1-27(2,3)23-14-12-13-21(17-23)26(32)30(10,11)19-20-15-22(25(31)29(7,8)9)18-24(16-20)28(4,5)6/h12-18,25,31H,19H2,1-11H3. The molecule has 0 aliphatic rings. The number of aliphatic hydroxyl groups excluding tert-OH is 1. The molecule has 0 amide bonds. The van der Waals surface area contributed by atoms with Crippen molar-refractivity contribution in [3.63, 3.8) is 0 Å². The van der Waals surface area contributed by atoms with Crippen molar-refractivity contribution in [2.24, 2.45) is 10.8 Å². The minimum Gasteiger partial charge on any atom is -0.388 e. The third-order valence-electron chi connectivity index (χ3n) is 6.27. The second-order valence-corrected chi connectivity index (χ2v) is 13.2. The zero-order valence-corrected chi connectivity index (χ0v) is 22.2. The summed E-state index contributed by atoms with van der Waals surface area (Å²) in [6.45, 7) is 23.3. The minimum absolute atomic E-state index is 0.000527. The topological polar surface area (TPSA) is 37.3 Å². The van der Waals surface area contributed by atoms with Gasteiger partial charge in [0.25, 0.3) is 0 Å². The average molecular weight is 437 g/mol. The Morgan fingerprint density at radius 2 is 1.34 bits per heavy atom. The summed E-state index contributed by atoms with van der Waals surface area (Å²) in [7, 11) is 0. The van der Waals surface area contributed by atoms with E-state index < -0.39 is 11.5 Å². The van der Waals surface area contributed by atoms with Gasteiger partial charge in [-0.15, -0.1) is 0 Å². The van der Waals surface area contributed by atoms with Gasteiger partial charge in [-0.1, -0.05) is 113 Å². The molecule has 2 aromatic carbocycles. The molecule has 0 spiro atoms. The number of Topliss-reactive ketones (excluding diaryl/α,β-unsaturated/α-hetero) is 1. The maximum atomic E-state index is 13.6. The fourth-order valence-corrected chi connectivity index (χ4v) is 4.02. The van der Waals surface area contributed by atoms with Crippen LogP contribution in [-0.4, -0.2) is 10.9 Å². The Morgan fingerprint density at radius 1 is 0.781 bits per heavy atom. The van der Waals surface area contributed by atoms with Gasteiger partial charge in [0.2, 0.25) is 0 Å². The molecule has 1 N–H and O–H groups in total. The van der Waals surface area contributed by atoms with Gasteiger partial charge in [-0.25, -0.2) is 0 Å². The number of carbonyl (C=O) groups is 1. The predicted molar refractivity (Wildman–Crippen MR) is 137 cm³/mol. The zero-order valence-electron chi connectivity index (χ0n) is 22.2. The molecule has 0 aliphatic heterocycles. The summed E-state index contributed by atoms with van der Waals surface area (Å²) in [5.74, 6) is 0.155. The summed E-state index contributed by atoms with van der Waals surface area (Å²) in [6.07, 6.45) is 0.0603. The largest absolute Gasteiger partial charge is 0.388 e. The van der Waals surface area contributed by atoms with E-state index in [4.69, 9.17) is 0 Å². The average Bonchev–Trinajstić information content (AvgIpc) is 2.64. The molecular weight excluding hydrogens is 392 g/mol. The van der Waals surface area contributed by atoms with Crippen molar-refractivity contribution >= 4 is 5.78 Å². The highest BCUT2D eigenvalue weighted by molar-refractivity contribution is 6.00. The summed E-state index contributed by atoms with van der Waals surface area (Å²) < 4.78 is 0. The van der Waals surface area contributed by atoms with Crippen molar-refractivity contribution < 1.29 is 9.90 Å². The van der Waals surface area contributed by atoms with Gasteiger partial charge in [0.15, 0.2) is 5.78 Å². The van der Waals surface area contributed by atoms with E-state index in [-0.39, 0.29) is 22.0 Å². The van der Waals surface area contributed by atoms with Crippen LogP contribution in [0.5, 0.6) is 0 Å². The zero-order chi connectivity index (χ0) is 24.7. The van der Waals surface area contributed by atoms with E-state index in [0.717, 1.165) is 16.7 Å². The molecule has 0 bridgehead atoms. The van der Waals surface area contributed by atoms with E-state index in [1.807, 2.05) is 32.0 Å². The van der Waals surface area contributed by atoms with E-state index in [2.05, 4.69) is 86.6 Å². The predicted octanol–water partition coefficient (Wildman–Crippen LogP) is 7.81. The first-order valence-electron chi connectivity index (χ1n) is 11.8. The number of hydrogen-bond donors (Lipinski definition) is 1. The van der Waals surface area contributed by atoms with Crippen molar-refractivity contribution in [2.45, 2.75) is 99.5 Å². The lowest BCUT2D eigenvalue weighted by Gasteiger charge is -2.30. The van der Waals surface area contributed by atoms with Crippen molar-refractivity contribution in [3.8, 4) is 0 Å². The van der Waals surface area contributed by atoms with E-state index in [1.54, 1.807) is 0 Å². The van der Waals surface area contributed by atoms with Gasteiger partial charge < -0.3 is 5.11 Å². The first-order chi connectivity index (χ1) is 14.3. The fourth-order valence-electron chi connectivity index (χ4n) is 4.02. The highest BCUT2D eigenvalue weighted by Gasteiger charge is 2.32. The van der Waals surface area contributed by atoms with Crippen LogP contribution in [-0.2, 0) is 17.3 Å². The molecule has 0 radical (unpaired) electrons. The summed E-state index contributed by atoms with van der Waals surface area (Å²) in [5.41, 5.74) is 4.29. The van der Waals surface area contributed by atoms with Crippen LogP contribution in [0.25, 0.3) is 0 Å². The van der Waals surface area contributed by atoms with Gasteiger partial charge in [0.05, 0.1) is 6.10 Å². The molecule has 2 rings (SSSR count). The number of carbonyl (C=O) groups excluding carboxylic acids is 1. The van der Waals surface area contributed by atoms with Crippen LogP contribution in [0.15, 0.2) is 42.5 Å². The molecule has 0 saturated heterocycles. The van der Waals surface area contributed by atoms with E-state index in [1.165, 1.54) is 11.1 Å². The normalized spacial score (nSPS) is 14.4. The number of benzene rings is 2. The first kappa shape index (κ1) is 26.3. The molecule has 1 atom stereocenters. The Morgan fingerprint density at radius 3 is 1.84 bits per heavy atom. The SMILES string of the molecule is CC(C)(Cc1cc(C(O)C(C)(C)C)cc(C(C)(C)C)c1)C(=O)c1cccc(C(C)(C)C)c1. The number of ketones is 1. The van der Waals surface area contributed by atoms with Crippen LogP contribution in [0.2, 0.25) is 0 Å². The number of hydrogen-bond acceptors (Lipinski definition) is 2. The number of rotatable bonds is 5. The lowest BCUT2D eigenvalue weighted by atomic mass is 9.75. The van der Waals surface area contributed by atoms with Gasteiger partial charge in [0, 0.05) is 11.0 Å². The van der Waals surface area contributed by atoms with Crippen LogP contribution >= 0.6 is 0 Å². The molecule has 2 nitrogen and oxygen atoms in total. The second kappa shape index (κ2) is 8.78. The van der Waals surface area contributed by atoms with E-state index in [9.17, 15) is 9.90 Å². The molecule has 0 heterocycles. The van der Waals surface area contributed by atoms with Crippen molar-refractivity contribution in [1.82, 2.24) is 0 Å². The lowest BCUT2D eigenvalue weighted by Crippen LogP contribution is -2.28. The third-order valence-corrected chi connectivity index (χ3v) is 6.27. The minimum atomic E-state index is -0.564. The number of aliphatic hydroxyl groups is 1. The molecule has 0 saturated carbocycles. The molecule has 0 fully saturated rings. The van der Waals surface area contributed by atoms with Crippen molar-refractivity contribution in [2.75, 3.05) is 0 Å². The van der Waals surface area contributed by atoms with Gasteiger partial charge in [-0.05, 0) is 51.0 Å². The molecule has 2 heteroatoms. The quantitative estimate of drug-likeness (QED) is 0.485. The summed E-state index contributed by atoms with van der Waals surface area (Å²) in [5, 5.41) is 11.0. The molecule has 176 valence electrons. The molecule has 32 heavy (non-hydrogen) atoms. The van der Waals surface area contributed by atoms with Crippen LogP contribution in [0.3, 0.4) is 0 Å². The Hall–Kier alpha value is -1.93. The van der Waals surface area contributed by atoms with Crippen LogP contribution < -0.4 is 0 Å². The van der Waals surface area contributed by atoms with E-state index in [0.29, 0.717) is 6.42 Å². The van der Waals surface area contributed by atoms with Crippen LogP contribution in [0, 0.1) is 10.8 Å². The summed E-state index contributed by atoms with van der Waals surface area (Å²) >= 11 is 0. The molecule has 0 aliphatic carbocycles. The highest BCUT2D eigenvalue weighted by Crippen LogP contribution is 2.37. The molecule has 0 aromatic heterocycles. The summed E-state index contributed by atoms with van der Waals surface area (Å²) in [4.78, 5) is 13.6. The molecule has 2 aromatic rings. The van der Waals surface area contributed by atoms with Crippen molar-refractivity contribution in [3.05, 3.63) is 70.3 Å². The third kappa shape index (κ3) is 6.32. The molecular formula is C30H44O2. The fraction of sp³-hybridized carbons (Fsp3) is 0.567. The second-order valence-electron chi connectivity index (χ2n) is 13.2. The monoisotopic (exact) mass is 436 g/mol. The van der Waals surface area contributed by atoms with Gasteiger partial charge in [-0.2, -0.15) is 0 Å². The van der Waals surface area contributed by atoms with Crippen molar-refractivity contribution in [1.29, 1.82) is 0 Å². The van der Waals surface area contributed by atoms with Crippen LogP contribution in [0.4, 0.5) is 0 Å².